The van der Waals surface area contributed by atoms with Crippen LogP contribution in [-0.4, -0.2) is 17.1 Å². The third-order valence-electron chi connectivity index (χ3n) is 6.09. The summed E-state index contributed by atoms with van der Waals surface area (Å²) in [6.07, 6.45) is -3.73. The number of nitrogens with one attached hydrogen (secondary N) is 1. The first-order chi connectivity index (χ1) is 18.1. The molecule has 3 aromatic rings. The molecule has 1 saturated heterocycles. The molecule has 2 amide bonds. The summed E-state index contributed by atoms with van der Waals surface area (Å²) >= 11 is 1.01. The molecule has 1 unspecified atom stereocenters. The first-order valence-electron chi connectivity index (χ1n) is 11.9. The molecule has 0 bridgehead atoms. The van der Waals surface area contributed by atoms with E-state index in [0.29, 0.717) is 16.9 Å². The van der Waals surface area contributed by atoms with Gasteiger partial charge < -0.3 is 5.32 Å². The highest BCUT2D eigenvalue weighted by molar-refractivity contribution is 8.05. The molecular weight excluding hydrogens is 511 g/mol. The molecule has 0 saturated carbocycles. The molecule has 0 aliphatic carbocycles. The number of nitrogens with zero attached hydrogens (tertiary/aromatic N) is 2. The van der Waals surface area contributed by atoms with E-state index in [4.69, 9.17) is 0 Å². The van der Waals surface area contributed by atoms with Gasteiger partial charge in [0.15, 0.2) is 0 Å². The second kappa shape index (κ2) is 11.2. The van der Waals surface area contributed by atoms with E-state index in [-0.39, 0.29) is 17.0 Å². The smallest absolute Gasteiger partial charge is 0.321 e. The molecule has 3 aromatic carbocycles. The second-order valence-corrected chi connectivity index (χ2v) is 10.0. The first-order valence-corrected chi connectivity index (χ1v) is 12.8. The monoisotopic (exact) mass is 535 g/mol. The van der Waals surface area contributed by atoms with Crippen LogP contribution >= 0.6 is 11.8 Å². The largest absolute Gasteiger partial charge is 0.416 e. The van der Waals surface area contributed by atoms with Crippen molar-refractivity contribution in [2.24, 2.45) is 0 Å². The fourth-order valence-corrected chi connectivity index (χ4v) is 5.33. The Morgan fingerprint density at radius 1 is 1.05 bits per heavy atom. The fraction of sp³-hybridized carbons (Fsp3) is 0.207. The lowest BCUT2D eigenvalue weighted by atomic mass is 10.0. The number of benzene rings is 3. The maximum absolute atomic E-state index is 13.6. The van der Waals surface area contributed by atoms with Gasteiger partial charge >= 0.3 is 6.18 Å². The summed E-state index contributed by atoms with van der Waals surface area (Å²) in [7, 11) is 0. The number of carbonyl (C=O) groups is 2. The van der Waals surface area contributed by atoms with Gasteiger partial charge in [-0.15, -0.1) is 0 Å². The lowest BCUT2D eigenvalue weighted by molar-refractivity contribution is -0.137. The van der Waals surface area contributed by atoms with Gasteiger partial charge in [0.25, 0.3) is 5.91 Å². The summed E-state index contributed by atoms with van der Waals surface area (Å²) in [5.74, 6) is -1.09. The number of aryl methyl sites for hydroxylation is 2. The van der Waals surface area contributed by atoms with Gasteiger partial charge in [0.1, 0.15) is 16.7 Å². The van der Waals surface area contributed by atoms with Gasteiger partial charge in [0, 0.05) is 11.4 Å². The van der Waals surface area contributed by atoms with E-state index in [2.05, 4.69) is 5.32 Å². The number of thioether (sulfide) groups is 1. The van der Waals surface area contributed by atoms with Crippen LogP contribution in [-0.2, 0) is 28.6 Å². The van der Waals surface area contributed by atoms with Gasteiger partial charge in [-0.2, -0.15) is 18.4 Å². The van der Waals surface area contributed by atoms with Crippen molar-refractivity contribution in [2.45, 2.75) is 38.1 Å². The molecule has 9 heteroatoms. The van der Waals surface area contributed by atoms with E-state index >= 15 is 0 Å². The summed E-state index contributed by atoms with van der Waals surface area (Å²) in [6, 6.07) is 21.0. The Labute approximate surface area is 223 Å². The molecule has 1 N–H and O–H groups in total. The molecule has 1 aliphatic rings. The van der Waals surface area contributed by atoms with Gasteiger partial charge in [-0.1, -0.05) is 66.7 Å². The van der Waals surface area contributed by atoms with E-state index in [1.165, 1.54) is 17.0 Å². The Morgan fingerprint density at radius 2 is 1.74 bits per heavy atom. The molecule has 0 aromatic heterocycles. The molecule has 1 atom stereocenters. The van der Waals surface area contributed by atoms with E-state index in [1.54, 1.807) is 24.3 Å². The maximum atomic E-state index is 13.6. The SMILES string of the molecule is CCc1ccc(N2C(=O)C(Cc3cccc(C(F)(F)F)c3)S/C2=C(/C#N)C(=O)Nc2ccc(C)cc2)cc1. The molecule has 5 nitrogen and oxygen atoms in total. The lowest BCUT2D eigenvalue weighted by Crippen LogP contribution is -2.31. The van der Waals surface area contributed by atoms with Gasteiger partial charge in [-0.05, 0) is 61.2 Å². The highest BCUT2D eigenvalue weighted by Gasteiger charge is 2.41. The number of hydrogen-bond acceptors (Lipinski definition) is 4. The van der Waals surface area contributed by atoms with Crippen molar-refractivity contribution in [3.63, 3.8) is 0 Å². The molecule has 1 aliphatic heterocycles. The van der Waals surface area contributed by atoms with Crippen molar-refractivity contribution in [1.82, 2.24) is 0 Å². The molecule has 1 heterocycles. The number of carbonyl (C=O) groups excluding carboxylic acids is 2. The number of hydrogen-bond donors (Lipinski definition) is 1. The number of nitriles is 1. The number of anilines is 2. The van der Waals surface area contributed by atoms with Crippen LogP contribution in [0.4, 0.5) is 24.5 Å². The normalized spacial score (nSPS) is 16.8. The molecule has 194 valence electrons. The van der Waals surface area contributed by atoms with Gasteiger partial charge in [-0.25, -0.2) is 0 Å². The minimum atomic E-state index is -4.51. The number of halogens is 3. The van der Waals surface area contributed by atoms with Gasteiger partial charge in [0.2, 0.25) is 5.91 Å². The van der Waals surface area contributed by atoms with Crippen LogP contribution in [0.15, 0.2) is 83.4 Å². The van der Waals surface area contributed by atoms with Gasteiger partial charge in [-0.3, -0.25) is 14.5 Å². The zero-order chi connectivity index (χ0) is 27.4. The van der Waals surface area contributed by atoms with Crippen molar-refractivity contribution < 1.29 is 22.8 Å². The molecule has 0 spiro atoms. The second-order valence-electron chi connectivity index (χ2n) is 8.81. The Bertz CT molecular complexity index is 1430. The van der Waals surface area contributed by atoms with Crippen LogP contribution in [0.5, 0.6) is 0 Å². The topological polar surface area (TPSA) is 73.2 Å². The average Bonchev–Trinajstić information content (AvgIpc) is 3.20. The highest BCUT2D eigenvalue weighted by atomic mass is 32.2. The average molecular weight is 536 g/mol. The Kier molecular flexibility index (Phi) is 7.93. The Balaban J connectivity index is 1.72. The summed E-state index contributed by atoms with van der Waals surface area (Å²) in [4.78, 5) is 28.1. The van der Waals surface area contributed by atoms with E-state index in [0.717, 1.165) is 41.4 Å². The summed E-state index contributed by atoms with van der Waals surface area (Å²) < 4.78 is 39.7. The third-order valence-corrected chi connectivity index (χ3v) is 7.36. The van der Waals surface area contributed by atoms with Crippen molar-refractivity contribution in [1.29, 1.82) is 5.26 Å². The van der Waals surface area contributed by atoms with Crippen molar-refractivity contribution in [2.75, 3.05) is 10.2 Å². The van der Waals surface area contributed by atoms with Gasteiger partial charge in [0.05, 0.1) is 10.8 Å². The molecular formula is C29H24F3N3O2S. The zero-order valence-electron chi connectivity index (χ0n) is 20.7. The zero-order valence-corrected chi connectivity index (χ0v) is 21.5. The summed E-state index contributed by atoms with van der Waals surface area (Å²) in [5.41, 5.74) is 2.27. The Morgan fingerprint density at radius 3 is 2.34 bits per heavy atom. The summed E-state index contributed by atoms with van der Waals surface area (Å²) in [6.45, 7) is 3.90. The van der Waals surface area contributed by atoms with Crippen LogP contribution in [0, 0.1) is 18.3 Å². The van der Waals surface area contributed by atoms with Crippen LogP contribution in [0.3, 0.4) is 0 Å². The van der Waals surface area contributed by atoms with E-state index < -0.39 is 28.8 Å². The number of amides is 2. The third kappa shape index (κ3) is 5.92. The minimum absolute atomic E-state index is 0.00124. The maximum Gasteiger partial charge on any atom is 0.416 e. The van der Waals surface area contributed by atoms with E-state index in [9.17, 15) is 28.0 Å². The standard InChI is InChI=1S/C29H24F3N3O2S/c1-3-19-9-13-23(14-10-19)35-27(37)25(16-20-5-4-6-21(15-20)29(30,31)32)38-28(35)24(17-33)26(36)34-22-11-7-18(2)8-12-22/h4-15,25H,3,16H2,1-2H3,(H,34,36)/b28-24-. The van der Waals surface area contributed by atoms with Crippen molar-refractivity contribution in [3.8, 4) is 6.07 Å². The number of alkyl halides is 3. The van der Waals surface area contributed by atoms with Crippen molar-refractivity contribution in [3.05, 3.63) is 106 Å². The van der Waals surface area contributed by atoms with Crippen molar-refractivity contribution >= 4 is 35.0 Å². The summed E-state index contributed by atoms with van der Waals surface area (Å²) in [5, 5.41) is 12.0. The molecule has 1 fully saturated rings. The van der Waals surface area contributed by atoms with Crippen LogP contribution in [0.2, 0.25) is 0 Å². The molecule has 0 radical (unpaired) electrons. The van der Waals surface area contributed by atoms with Crippen LogP contribution in [0.1, 0.15) is 29.2 Å². The van der Waals surface area contributed by atoms with E-state index in [1.807, 2.05) is 44.2 Å². The molecule has 4 rings (SSSR count). The minimum Gasteiger partial charge on any atom is -0.321 e. The quantitative estimate of drug-likeness (QED) is 0.284. The predicted molar refractivity (Wildman–Crippen MR) is 142 cm³/mol. The van der Waals surface area contributed by atoms with Crippen LogP contribution < -0.4 is 10.2 Å². The first kappa shape index (κ1) is 27.0. The number of rotatable bonds is 6. The predicted octanol–water partition coefficient (Wildman–Crippen LogP) is 6.64. The fourth-order valence-electron chi connectivity index (χ4n) is 4.02. The Hall–Kier alpha value is -4.03. The lowest BCUT2D eigenvalue weighted by Gasteiger charge is -2.19. The molecule has 38 heavy (non-hydrogen) atoms. The van der Waals surface area contributed by atoms with Crippen LogP contribution in [0.25, 0.3) is 0 Å². The highest BCUT2D eigenvalue weighted by Crippen LogP contribution is 2.42.